The summed E-state index contributed by atoms with van der Waals surface area (Å²) in [7, 11) is 0. The third kappa shape index (κ3) is 3.95. The summed E-state index contributed by atoms with van der Waals surface area (Å²) in [5, 5.41) is 3.50. The van der Waals surface area contributed by atoms with E-state index in [2.05, 4.69) is 53.3 Å². The van der Waals surface area contributed by atoms with E-state index in [0.717, 1.165) is 74.7 Å². The fourth-order valence-corrected chi connectivity index (χ4v) is 5.87. The maximum absolute atomic E-state index is 13.9. The number of fused-ring (bicyclic) bond motifs is 2. The van der Waals surface area contributed by atoms with Gasteiger partial charge in [0, 0.05) is 36.5 Å². The van der Waals surface area contributed by atoms with Crippen LogP contribution < -0.4 is 15.1 Å². The molecule has 1 aliphatic carbocycles. The highest BCUT2D eigenvalue weighted by Gasteiger charge is 2.49. The van der Waals surface area contributed by atoms with Gasteiger partial charge in [-0.05, 0) is 63.8 Å². The molecule has 3 aliphatic heterocycles. The highest BCUT2D eigenvalue weighted by Crippen LogP contribution is 2.44. The fourth-order valence-electron chi connectivity index (χ4n) is 5.87. The number of carbonyl (C=O) groups excluding carboxylic acids is 1. The van der Waals surface area contributed by atoms with Gasteiger partial charge in [-0.15, -0.1) is 0 Å². The molecule has 0 unspecified atom stereocenters. The maximum atomic E-state index is 13.9. The van der Waals surface area contributed by atoms with E-state index >= 15 is 0 Å². The Balaban J connectivity index is 1.27. The molecule has 0 atom stereocenters. The van der Waals surface area contributed by atoms with Crippen molar-refractivity contribution in [2.24, 2.45) is 11.3 Å². The molecule has 1 amide bonds. The van der Waals surface area contributed by atoms with Crippen molar-refractivity contribution < 1.29 is 14.3 Å². The predicted octanol–water partition coefficient (Wildman–Crippen LogP) is 4.49. The van der Waals surface area contributed by atoms with Gasteiger partial charge in [0.1, 0.15) is 5.82 Å². The quantitative estimate of drug-likeness (QED) is 0.722. The van der Waals surface area contributed by atoms with E-state index in [1.165, 1.54) is 5.69 Å². The molecule has 1 spiro atoms. The van der Waals surface area contributed by atoms with Crippen LogP contribution in [0.4, 0.5) is 22.9 Å². The van der Waals surface area contributed by atoms with Crippen LogP contribution in [0.3, 0.4) is 0 Å². The second kappa shape index (κ2) is 8.54. The van der Waals surface area contributed by atoms with E-state index in [0.29, 0.717) is 12.0 Å². The van der Waals surface area contributed by atoms with Crippen LogP contribution in [0.25, 0.3) is 0 Å². The van der Waals surface area contributed by atoms with Gasteiger partial charge in [-0.1, -0.05) is 6.07 Å². The van der Waals surface area contributed by atoms with Crippen LogP contribution in [-0.4, -0.2) is 49.4 Å². The summed E-state index contributed by atoms with van der Waals surface area (Å²) in [5.74, 6) is 1.07. The van der Waals surface area contributed by atoms with Crippen LogP contribution in [0.5, 0.6) is 0 Å². The number of benzene rings is 1. The molecular weight excluding hydrogens is 428 g/mol. The minimum Gasteiger partial charge on any atom is -0.380 e. The number of aromatic nitrogens is 1. The molecule has 0 radical (unpaired) electrons. The zero-order chi connectivity index (χ0) is 23.3. The number of rotatable bonds is 4. The Morgan fingerprint density at radius 2 is 1.97 bits per heavy atom. The van der Waals surface area contributed by atoms with Crippen LogP contribution in [0, 0.1) is 11.3 Å². The molecule has 34 heavy (non-hydrogen) atoms. The molecule has 7 nitrogen and oxygen atoms in total. The molecule has 1 aromatic carbocycles. The van der Waals surface area contributed by atoms with Gasteiger partial charge in [-0.25, -0.2) is 4.98 Å². The zero-order valence-electron chi connectivity index (χ0n) is 20.1. The lowest BCUT2D eigenvalue weighted by atomic mass is 9.78. The Hall–Kier alpha value is -2.64. The Kier molecular flexibility index (Phi) is 5.49. The molecule has 0 bridgehead atoms. The molecule has 7 heteroatoms. The van der Waals surface area contributed by atoms with Crippen molar-refractivity contribution in [3.8, 4) is 0 Å². The summed E-state index contributed by atoms with van der Waals surface area (Å²) in [6, 6.07) is 10.4. The summed E-state index contributed by atoms with van der Waals surface area (Å²) in [4.78, 5) is 22.9. The molecule has 180 valence electrons. The number of pyridine rings is 1. The summed E-state index contributed by atoms with van der Waals surface area (Å²) in [5.41, 5.74) is 4.45. The monoisotopic (exact) mass is 462 g/mol. The van der Waals surface area contributed by atoms with Crippen LogP contribution in [0.1, 0.15) is 45.1 Å². The first-order chi connectivity index (χ1) is 16.5. The van der Waals surface area contributed by atoms with Gasteiger partial charge in [0.05, 0.1) is 48.8 Å². The average Bonchev–Trinajstić information content (AvgIpc) is 2.93. The van der Waals surface area contributed by atoms with Crippen molar-refractivity contribution in [3.63, 3.8) is 0 Å². The van der Waals surface area contributed by atoms with Gasteiger partial charge < -0.3 is 24.6 Å². The Morgan fingerprint density at radius 3 is 2.68 bits per heavy atom. The van der Waals surface area contributed by atoms with E-state index in [4.69, 9.17) is 9.47 Å². The normalized spacial score (nSPS) is 25.0. The van der Waals surface area contributed by atoms with E-state index in [-0.39, 0.29) is 24.0 Å². The lowest BCUT2D eigenvalue weighted by Gasteiger charge is -2.56. The van der Waals surface area contributed by atoms with Gasteiger partial charge in [0.25, 0.3) is 0 Å². The van der Waals surface area contributed by atoms with Gasteiger partial charge in [-0.2, -0.15) is 0 Å². The summed E-state index contributed by atoms with van der Waals surface area (Å²) < 4.78 is 11.5. The largest absolute Gasteiger partial charge is 0.380 e. The third-order valence-corrected chi connectivity index (χ3v) is 7.73. The van der Waals surface area contributed by atoms with Crippen LogP contribution in [0.15, 0.2) is 36.5 Å². The standard InChI is InChI=1S/C27H34N4O3/c1-18(2)34-22-8-5-19(6-9-22)26(32)31-13-20-4-3-11-28-25(20)29-23-10-7-21(12-24(23)31)30-14-27(15-30)16-33-17-27/h3-4,7,10-12,18-19,22H,5-6,8-9,13-17H2,1-2H3,(H,28,29)/t19-,22-. The first-order valence-electron chi connectivity index (χ1n) is 12.6. The van der Waals surface area contributed by atoms with Crippen molar-refractivity contribution in [2.75, 3.05) is 41.4 Å². The molecule has 1 N–H and O–H groups in total. The number of nitrogens with one attached hydrogen (secondary N) is 1. The highest BCUT2D eigenvalue weighted by molar-refractivity contribution is 6.00. The molecule has 6 rings (SSSR count). The minimum atomic E-state index is 0.0288. The molecular formula is C27H34N4O3. The number of hydrogen-bond donors (Lipinski definition) is 1. The summed E-state index contributed by atoms with van der Waals surface area (Å²) in [6.07, 6.45) is 5.96. The van der Waals surface area contributed by atoms with Crippen molar-refractivity contribution in [2.45, 2.75) is 58.3 Å². The molecule has 1 aromatic heterocycles. The SMILES string of the molecule is CC(C)O[C@H]1CC[C@H](C(=O)N2Cc3cccnc3Nc3ccc(N4CC5(COC5)C4)cc32)CC1. The lowest BCUT2D eigenvalue weighted by molar-refractivity contribution is -0.127. The number of ether oxygens (including phenoxy) is 2. The smallest absolute Gasteiger partial charge is 0.230 e. The average molecular weight is 463 g/mol. The van der Waals surface area contributed by atoms with Crippen molar-refractivity contribution in [1.29, 1.82) is 0 Å². The minimum absolute atomic E-state index is 0.0288. The topological polar surface area (TPSA) is 66.9 Å². The Labute approximate surface area is 201 Å². The second-order valence-electron chi connectivity index (χ2n) is 10.8. The van der Waals surface area contributed by atoms with Crippen LogP contribution in [0.2, 0.25) is 0 Å². The van der Waals surface area contributed by atoms with Gasteiger partial charge in [0.15, 0.2) is 0 Å². The van der Waals surface area contributed by atoms with E-state index in [1.54, 1.807) is 6.20 Å². The fraction of sp³-hybridized carbons (Fsp3) is 0.556. The second-order valence-corrected chi connectivity index (χ2v) is 10.8. The van der Waals surface area contributed by atoms with Gasteiger partial charge in [-0.3, -0.25) is 4.79 Å². The third-order valence-electron chi connectivity index (χ3n) is 7.73. The number of amides is 1. The zero-order valence-corrected chi connectivity index (χ0v) is 20.1. The highest BCUT2D eigenvalue weighted by atomic mass is 16.5. The summed E-state index contributed by atoms with van der Waals surface area (Å²) in [6.45, 7) is 8.48. The van der Waals surface area contributed by atoms with Crippen molar-refractivity contribution in [3.05, 3.63) is 42.1 Å². The van der Waals surface area contributed by atoms with Crippen molar-refractivity contribution in [1.82, 2.24) is 4.98 Å². The molecule has 2 aromatic rings. The number of hydrogen-bond acceptors (Lipinski definition) is 6. The van der Waals surface area contributed by atoms with Crippen LogP contribution in [-0.2, 0) is 20.8 Å². The van der Waals surface area contributed by atoms with E-state index < -0.39 is 0 Å². The first kappa shape index (κ1) is 21.9. The summed E-state index contributed by atoms with van der Waals surface area (Å²) >= 11 is 0. The lowest BCUT2D eigenvalue weighted by Crippen LogP contribution is -2.66. The van der Waals surface area contributed by atoms with E-state index in [1.807, 2.05) is 11.0 Å². The molecule has 2 saturated heterocycles. The Bertz CT molecular complexity index is 1070. The Morgan fingerprint density at radius 1 is 1.18 bits per heavy atom. The number of carbonyl (C=O) groups is 1. The van der Waals surface area contributed by atoms with E-state index in [9.17, 15) is 4.79 Å². The van der Waals surface area contributed by atoms with Crippen molar-refractivity contribution >= 4 is 28.8 Å². The van der Waals surface area contributed by atoms with Crippen LogP contribution >= 0.6 is 0 Å². The molecule has 4 heterocycles. The van der Waals surface area contributed by atoms with Gasteiger partial charge in [0.2, 0.25) is 5.91 Å². The molecule has 4 aliphatic rings. The first-order valence-corrected chi connectivity index (χ1v) is 12.6. The number of anilines is 4. The molecule has 1 saturated carbocycles. The predicted molar refractivity (Wildman–Crippen MR) is 133 cm³/mol. The maximum Gasteiger partial charge on any atom is 0.230 e. The van der Waals surface area contributed by atoms with Gasteiger partial charge >= 0.3 is 0 Å². The molecule has 3 fully saturated rings. The number of nitrogens with zero attached hydrogens (tertiary/aromatic N) is 3.